The second kappa shape index (κ2) is 8.77. The number of nitrogens with zero attached hydrogens (tertiary/aromatic N) is 4. The highest BCUT2D eigenvalue weighted by atomic mass is 32.1. The minimum absolute atomic E-state index is 0.182. The average molecular weight is 449 g/mol. The molecular formula is C23H20N4O4S. The van der Waals surface area contributed by atoms with Crippen LogP contribution in [0, 0.1) is 18.3 Å². The van der Waals surface area contributed by atoms with Gasteiger partial charge in [0.25, 0.3) is 5.56 Å². The zero-order valence-corrected chi connectivity index (χ0v) is 18.4. The molecule has 0 saturated carbocycles. The molecule has 0 radical (unpaired) electrons. The van der Waals surface area contributed by atoms with Crippen LogP contribution in [0.3, 0.4) is 0 Å². The van der Waals surface area contributed by atoms with E-state index < -0.39 is 5.97 Å². The Kier molecular flexibility index (Phi) is 5.88. The predicted molar refractivity (Wildman–Crippen MR) is 121 cm³/mol. The Morgan fingerprint density at radius 3 is 2.78 bits per heavy atom. The van der Waals surface area contributed by atoms with Crippen molar-refractivity contribution in [1.29, 1.82) is 5.26 Å². The molecule has 0 aliphatic carbocycles. The molecule has 0 spiro atoms. The Labute approximate surface area is 187 Å². The standard InChI is InChI=1S/C23H20N4O4S/c1-3-31-23(30)20-14(2)19-21(32-20)25-13-27(22(19)29)12-18(28)16-11-26(10-6-9-24)17-8-5-4-7-15(16)17/h4-5,7-8,11,13H,3,6,10,12H2,1-2H3. The zero-order chi connectivity index (χ0) is 22.8. The fraction of sp³-hybridized carbons (Fsp3) is 0.261. The van der Waals surface area contributed by atoms with Crippen molar-refractivity contribution < 1.29 is 14.3 Å². The number of aryl methyl sites for hydroxylation is 2. The van der Waals surface area contributed by atoms with E-state index in [2.05, 4.69) is 11.1 Å². The number of thiophene rings is 1. The molecular weight excluding hydrogens is 428 g/mol. The number of ether oxygens (including phenoxy) is 1. The molecule has 3 heterocycles. The molecule has 0 fully saturated rings. The number of hydrogen-bond acceptors (Lipinski definition) is 7. The number of ketones is 1. The number of carbonyl (C=O) groups is 2. The molecule has 32 heavy (non-hydrogen) atoms. The number of nitriles is 1. The quantitative estimate of drug-likeness (QED) is 0.315. The molecule has 0 N–H and O–H groups in total. The number of hydrogen-bond donors (Lipinski definition) is 0. The van der Waals surface area contributed by atoms with E-state index in [9.17, 15) is 14.4 Å². The maximum atomic E-state index is 13.1. The molecule has 0 bridgehead atoms. The minimum Gasteiger partial charge on any atom is -0.462 e. The molecule has 9 heteroatoms. The van der Waals surface area contributed by atoms with Crippen molar-refractivity contribution in [2.45, 2.75) is 33.4 Å². The van der Waals surface area contributed by atoms with Crippen LogP contribution in [0.1, 0.15) is 38.9 Å². The van der Waals surface area contributed by atoms with Crippen molar-refractivity contribution in [3.05, 3.63) is 63.1 Å². The van der Waals surface area contributed by atoms with Crippen LogP contribution in [0.2, 0.25) is 0 Å². The molecule has 0 amide bonds. The summed E-state index contributed by atoms with van der Waals surface area (Å²) in [7, 11) is 0. The Morgan fingerprint density at radius 2 is 2.03 bits per heavy atom. The van der Waals surface area contributed by atoms with Gasteiger partial charge in [-0.1, -0.05) is 18.2 Å². The van der Waals surface area contributed by atoms with E-state index in [1.54, 1.807) is 20.0 Å². The second-order valence-electron chi connectivity index (χ2n) is 7.22. The number of rotatable bonds is 7. The lowest BCUT2D eigenvalue weighted by Gasteiger charge is -2.04. The summed E-state index contributed by atoms with van der Waals surface area (Å²) in [4.78, 5) is 43.5. The van der Waals surface area contributed by atoms with Crippen molar-refractivity contribution in [3.8, 4) is 6.07 Å². The molecule has 3 aromatic heterocycles. The van der Waals surface area contributed by atoms with Crippen molar-refractivity contribution in [1.82, 2.24) is 14.1 Å². The summed E-state index contributed by atoms with van der Waals surface area (Å²) in [5, 5.41) is 10.0. The fourth-order valence-electron chi connectivity index (χ4n) is 3.73. The lowest BCUT2D eigenvalue weighted by atomic mass is 10.1. The number of aromatic nitrogens is 3. The molecule has 4 rings (SSSR count). The van der Waals surface area contributed by atoms with Crippen LogP contribution in [0.5, 0.6) is 0 Å². The molecule has 0 aliphatic heterocycles. The molecule has 162 valence electrons. The Hall–Kier alpha value is -3.77. The highest BCUT2D eigenvalue weighted by molar-refractivity contribution is 7.20. The lowest BCUT2D eigenvalue weighted by molar-refractivity contribution is 0.0531. The van der Waals surface area contributed by atoms with Gasteiger partial charge in [-0.05, 0) is 25.5 Å². The summed E-state index contributed by atoms with van der Waals surface area (Å²) >= 11 is 1.11. The van der Waals surface area contributed by atoms with Gasteiger partial charge in [-0.3, -0.25) is 14.2 Å². The summed E-state index contributed by atoms with van der Waals surface area (Å²) in [6, 6.07) is 9.59. The van der Waals surface area contributed by atoms with E-state index in [0.717, 1.165) is 22.2 Å². The van der Waals surface area contributed by atoms with Crippen molar-refractivity contribution in [2.75, 3.05) is 6.61 Å². The van der Waals surface area contributed by atoms with Gasteiger partial charge in [0.15, 0.2) is 5.78 Å². The number of benzene rings is 1. The van der Waals surface area contributed by atoms with Gasteiger partial charge in [-0.25, -0.2) is 9.78 Å². The zero-order valence-electron chi connectivity index (χ0n) is 17.6. The van der Waals surface area contributed by atoms with Crippen LogP contribution in [-0.4, -0.2) is 32.5 Å². The normalized spacial score (nSPS) is 11.0. The first kappa shape index (κ1) is 21.5. The topological polar surface area (TPSA) is 107 Å². The lowest BCUT2D eigenvalue weighted by Crippen LogP contribution is -2.24. The Bertz CT molecular complexity index is 1450. The van der Waals surface area contributed by atoms with Gasteiger partial charge in [0.1, 0.15) is 9.71 Å². The van der Waals surface area contributed by atoms with Crippen LogP contribution in [0.4, 0.5) is 0 Å². The highest BCUT2D eigenvalue weighted by Crippen LogP contribution is 2.28. The Balaban J connectivity index is 1.71. The molecule has 0 aliphatic rings. The summed E-state index contributed by atoms with van der Waals surface area (Å²) in [6.45, 7) is 3.93. The van der Waals surface area contributed by atoms with E-state index in [0.29, 0.717) is 39.2 Å². The number of carbonyl (C=O) groups excluding carboxylic acids is 2. The number of Topliss-reactive ketones (excluding diaryl/α,β-unsaturated/α-hetero) is 1. The average Bonchev–Trinajstić information content (AvgIpc) is 3.33. The summed E-state index contributed by atoms with van der Waals surface area (Å²) in [6.07, 6.45) is 3.39. The SMILES string of the molecule is CCOC(=O)c1sc2ncn(CC(=O)c3cn(CCC#N)c4ccccc34)c(=O)c2c1C. The molecule has 4 aromatic rings. The number of esters is 1. The first-order valence-corrected chi connectivity index (χ1v) is 10.9. The fourth-order valence-corrected chi connectivity index (χ4v) is 4.76. The summed E-state index contributed by atoms with van der Waals surface area (Å²) in [5.41, 5.74) is 1.48. The first-order valence-electron chi connectivity index (χ1n) is 10.1. The van der Waals surface area contributed by atoms with Gasteiger partial charge in [-0.2, -0.15) is 5.26 Å². The van der Waals surface area contributed by atoms with Crippen LogP contribution in [-0.2, 0) is 17.8 Å². The molecule has 0 atom stereocenters. The van der Waals surface area contributed by atoms with Gasteiger partial charge in [0, 0.05) is 29.2 Å². The third kappa shape index (κ3) is 3.69. The van der Waals surface area contributed by atoms with E-state index in [1.807, 2.05) is 28.8 Å². The largest absolute Gasteiger partial charge is 0.462 e. The Morgan fingerprint density at radius 1 is 1.25 bits per heavy atom. The molecule has 0 unspecified atom stereocenters. The van der Waals surface area contributed by atoms with Gasteiger partial charge >= 0.3 is 5.97 Å². The summed E-state index contributed by atoms with van der Waals surface area (Å²) < 4.78 is 8.20. The summed E-state index contributed by atoms with van der Waals surface area (Å²) in [5.74, 6) is -0.723. The van der Waals surface area contributed by atoms with Crippen LogP contribution in [0.25, 0.3) is 21.1 Å². The maximum Gasteiger partial charge on any atom is 0.348 e. The third-order valence-corrected chi connectivity index (χ3v) is 6.43. The molecule has 1 aromatic carbocycles. The van der Waals surface area contributed by atoms with Crippen molar-refractivity contribution in [2.24, 2.45) is 0 Å². The van der Waals surface area contributed by atoms with E-state index in [4.69, 9.17) is 10.00 Å². The van der Waals surface area contributed by atoms with Crippen LogP contribution >= 0.6 is 11.3 Å². The van der Waals surface area contributed by atoms with Gasteiger partial charge < -0.3 is 9.30 Å². The van der Waals surface area contributed by atoms with E-state index in [1.165, 1.54) is 10.9 Å². The van der Waals surface area contributed by atoms with E-state index >= 15 is 0 Å². The van der Waals surface area contributed by atoms with Gasteiger partial charge in [0.05, 0.1) is 37.4 Å². The van der Waals surface area contributed by atoms with E-state index in [-0.39, 0.29) is 24.5 Å². The maximum absolute atomic E-state index is 13.1. The van der Waals surface area contributed by atoms with Gasteiger partial charge in [-0.15, -0.1) is 11.3 Å². The first-order chi connectivity index (χ1) is 15.5. The van der Waals surface area contributed by atoms with Crippen molar-refractivity contribution >= 4 is 44.2 Å². The van der Waals surface area contributed by atoms with Crippen LogP contribution < -0.4 is 5.56 Å². The van der Waals surface area contributed by atoms with Gasteiger partial charge in [0.2, 0.25) is 0 Å². The molecule has 8 nitrogen and oxygen atoms in total. The second-order valence-corrected chi connectivity index (χ2v) is 8.22. The number of para-hydroxylation sites is 1. The predicted octanol–water partition coefficient (Wildman–Crippen LogP) is 3.69. The monoisotopic (exact) mass is 448 g/mol. The number of fused-ring (bicyclic) bond motifs is 2. The molecule has 0 saturated heterocycles. The van der Waals surface area contributed by atoms with Crippen molar-refractivity contribution in [3.63, 3.8) is 0 Å². The minimum atomic E-state index is -0.486. The highest BCUT2D eigenvalue weighted by Gasteiger charge is 2.22. The smallest absolute Gasteiger partial charge is 0.348 e. The van der Waals surface area contributed by atoms with Crippen LogP contribution in [0.15, 0.2) is 41.6 Å². The third-order valence-electron chi connectivity index (χ3n) is 5.25.